The van der Waals surface area contributed by atoms with Crippen LogP contribution in [0.2, 0.25) is 0 Å². The zero-order valence-corrected chi connectivity index (χ0v) is 24.1. The maximum absolute atomic E-state index is 2.47. The molecule has 2 aromatic heterocycles. The van der Waals surface area contributed by atoms with Crippen LogP contribution in [0.4, 0.5) is 0 Å². The van der Waals surface area contributed by atoms with Crippen molar-refractivity contribution < 1.29 is 0 Å². The minimum Gasteiger partial charge on any atom is -0.309 e. The Morgan fingerprint density at radius 2 is 0.773 bits per heavy atom. The summed E-state index contributed by atoms with van der Waals surface area (Å²) in [5.74, 6) is 0. The van der Waals surface area contributed by atoms with Crippen molar-refractivity contribution in [3.63, 3.8) is 0 Å². The third kappa shape index (κ3) is 3.68. The van der Waals surface area contributed by atoms with Crippen molar-refractivity contribution in [2.45, 2.75) is 0 Å². The van der Waals surface area contributed by atoms with E-state index in [0.717, 1.165) is 0 Å². The van der Waals surface area contributed by atoms with E-state index in [9.17, 15) is 0 Å². The first-order valence-electron chi connectivity index (χ1n) is 15.1. The molecule has 0 unspecified atom stereocenters. The molecule has 0 spiro atoms. The van der Waals surface area contributed by atoms with Crippen LogP contribution >= 0.6 is 0 Å². The molecule has 0 saturated heterocycles. The number of benzene rings is 7. The Kier molecular flexibility index (Phi) is 5.54. The van der Waals surface area contributed by atoms with E-state index in [4.69, 9.17) is 0 Å². The van der Waals surface area contributed by atoms with Gasteiger partial charge in [0.25, 0.3) is 0 Å². The van der Waals surface area contributed by atoms with Crippen LogP contribution in [-0.2, 0) is 0 Å². The van der Waals surface area contributed by atoms with E-state index >= 15 is 0 Å². The Labute approximate surface area is 255 Å². The zero-order valence-electron chi connectivity index (χ0n) is 24.1. The fourth-order valence-electron chi connectivity index (χ4n) is 7.03. The quantitative estimate of drug-likeness (QED) is 0.203. The third-order valence-electron chi connectivity index (χ3n) is 8.93. The van der Waals surface area contributed by atoms with E-state index in [2.05, 4.69) is 179 Å². The van der Waals surface area contributed by atoms with E-state index < -0.39 is 0 Å². The summed E-state index contributed by atoms with van der Waals surface area (Å²) in [6.07, 6.45) is 0. The summed E-state index contributed by atoms with van der Waals surface area (Å²) < 4.78 is 4.87. The first-order chi connectivity index (χ1) is 21.9. The first-order valence-corrected chi connectivity index (χ1v) is 15.1. The van der Waals surface area contributed by atoms with Gasteiger partial charge in [-0.1, -0.05) is 127 Å². The second-order valence-corrected chi connectivity index (χ2v) is 11.4. The number of hydrogen-bond acceptors (Lipinski definition) is 0. The monoisotopic (exact) mass is 560 g/mol. The van der Waals surface area contributed by atoms with Gasteiger partial charge in [-0.15, -0.1) is 0 Å². The van der Waals surface area contributed by atoms with Crippen molar-refractivity contribution in [2.24, 2.45) is 0 Å². The van der Waals surface area contributed by atoms with Crippen molar-refractivity contribution >= 4 is 43.6 Å². The number of nitrogens with zero attached hydrogens (tertiary/aromatic N) is 2. The van der Waals surface area contributed by atoms with Crippen LogP contribution in [-0.4, -0.2) is 9.13 Å². The molecule has 0 atom stereocenters. The highest BCUT2D eigenvalue weighted by molar-refractivity contribution is 6.19. The molecule has 0 bridgehead atoms. The van der Waals surface area contributed by atoms with Crippen molar-refractivity contribution in [3.8, 4) is 33.6 Å². The highest BCUT2D eigenvalue weighted by Gasteiger charge is 2.20. The fourth-order valence-corrected chi connectivity index (χ4v) is 7.03. The molecule has 0 saturated carbocycles. The van der Waals surface area contributed by atoms with Gasteiger partial charge in [0.15, 0.2) is 0 Å². The molecule has 9 aromatic rings. The summed E-state index contributed by atoms with van der Waals surface area (Å²) in [6.45, 7) is 0. The molecule has 7 aromatic carbocycles. The highest BCUT2D eigenvalue weighted by Crippen LogP contribution is 2.42. The molecule has 206 valence electrons. The molecule has 2 heteroatoms. The molecule has 0 aliphatic heterocycles. The Bertz CT molecular complexity index is 2480. The minimum atomic E-state index is 1.17. The minimum absolute atomic E-state index is 1.17. The van der Waals surface area contributed by atoms with Crippen LogP contribution in [0.1, 0.15) is 0 Å². The topological polar surface area (TPSA) is 9.86 Å². The lowest BCUT2D eigenvalue weighted by atomic mass is 9.93. The van der Waals surface area contributed by atoms with E-state index in [0.29, 0.717) is 0 Å². The van der Waals surface area contributed by atoms with Gasteiger partial charge in [-0.2, -0.15) is 0 Å². The van der Waals surface area contributed by atoms with Gasteiger partial charge in [-0.25, -0.2) is 0 Å². The summed E-state index contributed by atoms with van der Waals surface area (Å²) in [5, 5.41) is 5.01. The molecule has 2 nitrogen and oxygen atoms in total. The molecule has 0 fully saturated rings. The maximum atomic E-state index is 2.47. The van der Waals surface area contributed by atoms with Crippen molar-refractivity contribution in [3.05, 3.63) is 170 Å². The standard InChI is InChI=1S/C42H28N2/c1-3-15-29(16-4-1)31-19-7-8-20-32(31)33-21-9-13-25-39(33)44-40-26-14-11-23-35(40)37-27-41-36(28-42(37)44)34-22-10-12-24-38(34)43(41)30-17-5-2-6-18-30/h1-28H. The molecule has 0 amide bonds. The predicted octanol–water partition coefficient (Wildman–Crippen LogP) is 11.2. The summed E-state index contributed by atoms with van der Waals surface area (Å²) >= 11 is 0. The van der Waals surface area contributed by atoms with E-state index in [1.165, 1.54) is 77.2 Å². The normalized spacial score (nSPS) is 11.6. The number of hydrogen-bond donors (Lipinski definition) is 0. The molecule has 0 aliphatic rings. The smallest absolute Gasteiger partial charge is 0.0549 e. The van der Waals surface area contributed by atoms with Crippen LogP contribution in [0.5, 0.6) is 0 Å². The molecule has 9 rings (SSSR count). The van der Waals surface area contributed by atoms with E-state index in [1.807, 2.05) is 0 Å². The second-order valence-electron chi connectivity index (χ2n) is 11.4. The molecule has 44 heavy (non-hydrogen) atoms. The Balaban J connectivity index is 1.39. The van der Waals surface area contributed by atoms with Gasteiger partial charge in [0.05, 0.1) is 27.8 Å². The summed E-state index contributed by atoms with van der Waals surface area (Å²) in [7, 11) is 0. The Morgan fingerprint density at radius 3 is 1.45 bits per heavy atom. The van der Waals surface area contributed by atoms with Crippen LogP contribution in [0, 0.1) is 0 Å². The lowest BCUT2D eigenvalue weighted by molar-refractivity contribution is 1.18. The van der Waals surface area contributed by atoms with Gasteiger partial charge in [0.2, 0.25) is 0 Å². The second kappa shape index (κ2) is 9.86. The van der Waals surface area contributed by atoms with Gasteiger partial charge in [-0.3, -0.25) is 0 Å². The average molecular weight is 561 g/mol. The molecular formula is C42H28N2. The number of fused-ring (bicyclic) bond motifs is 6. The Morgan fingerprint density at radius 1 is 0.295 bits per heavy atom. The van der Waals surface area contributed by atoms with Gasteiger partial charge in [0.1, 0.15) is 0 Å². The molecule has 2 heterocycles. The van der Waals surface area contributed by atoms with Gasteiger partial charge in [-0.05, 0) is 59.2 Å². The van der Waals surface area contributed by atoms with Crippen LogP contribution in [0.15, 0.2) is 170 Å². The Hall–Kier alpha value is -5.86. The predicted molar refractivity (Wildman–Crippen MR) is 186 cm³/mol. The molecule has 0 N–H and O–H groups in total. The number of rotatable bonds is 4. The molecule has 0 radical (unpaired) electrons. The van der Waals surface area contributed by atoms with Gasteiger partial charge < -0.3 is 9.13 Å². The largest absolute Gasteiger partial charge is 0.309 e. The summed E-state index contributed by atoms with van der Waals surface area (Å²) in [4.78, 5) is 0. The maximum Gasteiger partial charge on any atom is 0.0549 e. The fraction of sp³-hybridized carbons (Fsp3) is 0. The third-order valence-corrected chi connectivity index (χ3v) is 8.93. The van der Waals surface area contributed by atoms with Crippen molar-refractivity contribution in [2.75, 3.05) is 0 Å². The lowest BCUT2D eigenvalue weighted by Crippen LogP contribution is -1.98. The number of para-hydroxylation sites is 4. The molecular weight excluding hydrogens is 532 g/mol. The van der Waals surface area contributed by atoms with Gasteiger partial charge >= 0.3 is 0 Å². The van der Waals surface area contributed by atoms with Crippen molar-refractivity contribution in [1.82, 2.24) is 9.13 Å². The summed E-state index contributed by atoms with van der Waals surface area (Å²) in [5.41, 5.74) is 12.1. The van der Waals surface area contributed by atoms with Crippen LogP contribution in [0.3, 0.4) is 0 Å². The SMILES string of the molecule is c1ccc(-c2ccccc2-c2ccccc2-n2c3ccccc3c3cc4c(cc32)c2ccccc2n4-c2ccccc2)cc1. The van der Waals surface area contributed by atoms with E-state index in [1.54, 1.807) is 0 Å². The highest BCUT2D eigenvalue weighted by atomic mass is 15.0. The van der Waals surface area contributed by atoms with Crippen molar-refractivity contribution in [1.29, 1.82) is 0 Å². The zero-order chi connectivity index (χ0) is 29.0. The van der Waals surface area contributed by atoms with Crippen LogP contribution in [0.25, 0.3) is 77.2 Å². The first kappa shape index (κ1) is 24.7. The van der Waals surface area contributed by atoms with E-state index in [-0.39, 0.29) is 0 Å². The summed E-state index contributed by atoms with van der Waals surface area (Å²) in [6, 6.07) is 61.4. The van der Waals surface area contributed by atoms with Crippen LogP contribution < -0.4 is 0 Å². The average Bonchev–Trinajstić information content (AvgIpc) is 3.60. The number of aromatic nitrogens is 2. The molecule has 0 aliphatic carbocycles. The van der Waals surface area contributed by atoms with Gasteiger partial charge in [0, 0.05) is 32.8 Å². The lowest BCUT2D eigenvalue weighted by Gasteiger charge is -2.17.